The lowest BCUT2D eigenvalue weighted by Gasteiger charge is -2.29. The number of hydrogen-bond acceptors (Lipinski definition) is 9. The van der Waals surface area contributed by atoms with Crippen molar-refractivity contribution in [2.75, 3.05) is 37.3 Å². The summed E-state index contributed by atoms with van der Waals surface area (Å²) in [7, 11) is 2.09. The summed E-state index contributed by atoms with van der Waals surface area (Å²) in [6, 6.07) is 0.0131. The molecule has 4 rings (SSSR count). The Bertz CT molecular complexity index is 1380. The van der Waals surface area contributed by atoms with Crippen LogP contribution >= 0.6 is 34.5 Å². The molecule has 0 bridgehead atoms. The lowest BCUT2D eigenvalue weighted by molar-refractivity contribution is -0.137. The molecule has 214 valence electrons. The summed E-state index contributed by atoms with van der Waals surface area (Å²) < 4.78 is 39.3. The lowest BCUT2D eigenvalue weighted by Crippen LogP contribution is -2.33. The monoisotopic (exact) mass is 616 g/mol. The van der Waals surface area contributed by atoms with Gasteiger partial charge < -0.3 is 20.9 Å². The molecule has 1 aliphatic rings. The van der Waals surface area contributed by atoms with Crippen molar-refractivity contribution in [2.24, 2.45) is 5.92 Å². The fourth-order valence-corrected chi connectivity index (χ4v) is 5.26. The van der Waals surface area contributed by atoms with E-state index in [0.29, 0.717) is 29.4 Å². The molecule has 1 unspecified atom stereocenters. The highest BCUT2D eigenvalue weighted by Crippen LogP contribution is 2.35. The third-order valence-electron chi connectivity index (χ3n) is 6.27. The number of alkyl halides is 3. The fraction of sp³-hybridized carbons (Fsp3) is 0.417. The van der Waals surface area contributed by atoms with E-state index >= 15 is 0 Å². The summed E-state index contributed by atoms with van der Waals surface area (Å²) in [5, 5.41) is 8.14. The van der Waals surface area contributed by atoms with Crippen LogP contribution in [-0.2, 0) is 6.18 Å². The quantitative estimate of drug-likeness (QED) is 0.317. The molecule has 1 saturated heterocycles. The standard InChI is InChI=1S/C24H25Cl2F3N8O2S/c1-12(23-32-10-16(40-23)21(38)36-17-7-14(24(27,28)29)15(25)9-30-17)35-22(39)19-18(26)20(34-11-33-19)31-8-13-3-5-37(2)6-4-13/h7,9-13H,3-6,8H2,1-2H3,(H,35,39)(H,30,36,38)(H,31,33,34). The van der Waals surface area contributed by atoms with Crippen molar-refractivity contribution in [3.05, 3.63) is 56.0 Å². The van der Waals surface area contributed by atoms with Crippen molar-refractivity contribution in [2.45, 2.75) is 32.0 Å². The van der Waals surface area contributed by atoms with Gasteiger partial charge >= 0.3 is 6.18 Å². The van der Waals surface area contributed by atoms with E-state index in [2.05, 4.69) is 47.8 Å². The van der Waals surface area contributed by atoms with Crippen LogP contribution in [0.1, 0.15) is 56.5 Å². The summed E-state index contributed by atoms with van der Waals surface area (Å²) in [4.78, 5) is 44.0. The van der Waals surface area contributed by atoms with E-state index in [-0.39, 0.29) is 21.4 Å². The SMILES string of the molecule is CC(NC(=O)c1ncnc(NCC2CCN(C)CC2)c1Cl)c1ncc(C(=O)Nc2cc(C(F)(F)F)c(Cl)cn2)s1. The number of carbonyl (C=O) groups excluding carboxylic acids is 2. The molecule has 1 atom stereocenters. The highest BCUT2D eigenvalue weighted by Gasteiger charge is 2.34. The number of amides is 2. The minimum absolute atomic E-state index is 0.0156. The number of anilines is 2. The maximum atomic E-state index is 13.1. The Morgan fingerprint density at radius 1 is 1.12 bits per heavy atom. The number of likely N-dealkylation sites (tertiary alicyclic amines) is 1. The van der Waals surface area contributed by atoms with Crippen LogP contribution in [0.4, 0.5) is 24.8 Å². The predicted molar refractivity (Wildman–Crippen MR) is 146 cm³/mol. The molecule has 3 aromatic heterocycles. The molecule has 1 aliphatic heterocycles. The molecule has 0 spiro atoms. The van der Waals surface area contributed by atoms with Crippen molar-refractivity contribution in [3.63, 3.8) is 0 Å². The van der Waals surface area contributed by atoms with Gasteiger partial charge in [-0.3, -0.25) is 9.59 Å². The summed E-state index contributed by atoms with van der Waals surface area (Å²) >= 11 is 13.0. The van der Waals surface area contributed by atoms with Gasteiger partial charge in [0.1, 0.15) is 32.9 Å². The van der Waals surface area contributed by atoms with Crippen LogP contribution < -0.4 is 16.0 Å². The molecule has 16 heteroatoms. The Morgan fingerprint density at radius 3 is 2.55 bits per heavy atom. The number of pyridine rings is 1. The van der Waals surface area contributed by atoms with Crippen molar-refractivity contribution in [1.82, 2.24) is 30.2 Å². The van der Waals surface area contributed by atoms with Crippen molar-refractivity contribution >= 4 is 58.0 Å². The highest BCUT2D eigenvalue weighted by atomic mass is 35.5. The van der Waals surface area contributed by atoms with Gasteiger partial charge in [-0.15, -0.1) is 11.3 Å². The second kappa shape index (κ2) is 12.6. The number of rotatable bonds is 8. The van der Waals surface area contributed by atoms with Gasteiger partial charge in [-0.2, -0.15) is 13.2 Å². The first-order chi connectivity index (χ1) is 18.9. The van der Waals surface area contributed by atoms with Crippen molar-refractivity contribution in [3.8, 4) is 0 Å². The molecule has 3 aromatic rings. The molecular formula is C24H25Cl2F3N8O2S. The Hall–Kier alpha value is -3.07. The second-order valence-corrected chi connectivity index (χ2v) is 11.1. The molecule has 4 heterocycles. The molecular weight excluding hydrogens is 592 g/mol. The van der Waals surface area contributed by atoms with Gasteiger partial charge in [0.25, 0.3) is 11.8 Å². The number of aromatic nitrogens is 4. The van der Waals surface area contributed by atoms with Gasteiger partial charge in [0.15, 0.2) is 5.69 Å². The van der Waals surface area contributed by atoms with Gasteiger partial charge in [0.05, 0.1) is 22.8 Å². The number of carbonyl (C=O) groups is 2. The highest BCUT2D eigenvalue weighted by molar-refractivity contribution is 7.13. The van der Waals surface area contributed by atoms with Crippen molar-refractivity contribution in [1.29, 1.82) is 0 Å². The number of piperidine rings is 1. The summed E-state index contributed by atoms with van der Waals surface area (Å²) in [6.07, 6.45) is 0.709. The molecule has 0 aromatic carbocycles. The Labute approximate surface area is 241 Å². The fourth-order valence-electron chi connectivity index (χ4n) is 3.98. The normalized spacial score (nSPS) is 15.5. The maximum Gasteiger partial charge on any atom is 0.418 e. The van der Waals surface area contributed by atoms with E-state index in [1.807, 2.05) is 0 Å². The largest absolute Gasteiger partial charge is 0.418 e. The average molecular weight is 617 g/mol. The molecule has 3 N–H and O–H groups in total. The molecule has 0 saturated carbocycles. The van der Waals surface area contributed by atoms with Crippen molar-refractivity contribution < 1.29 is 22.8 Å². The van der Waals surface area contributed by atoms with E-state index < -0.39 is 34.6 Å². The Kier molecular flexibility index (Phi) is 9.44. The first-order valence-corrected chi connectivity index (χ1v) is 13.7. The van der Waals surface area contributed by atoms with E-state index in [1.165, 1.54) is 12.5 Å². The van der Waals surface area contributed by atoms with Gasteiger partial charge in [-0.1, -0.05) is 23.2 Å². The Balaban J connectivity index is 1.37. The Morgan fingerprint density at radius 2 is 1.85 bits per heavy atom. The summed E-state index contributed by atoms with van der Waals surface area (Å²) in [6.45, 7) is 4.37. The minimum atomic E-state index is -4.71. The van der Waals surface area contributed by atoms with Gasteiger partial charge in [0, 0.05) is 12.7 Å². The topological polar surface area (TPSA) is 125 Å². The summed E-state index contributed by atoms with van der Waals surface area (Å²) in [5.74, 6) is -0.765. The van der Waals surface area contributed by atoms with Crippen LogP contribution in [-0.4, -0.2) is 63.3 Å². The third kappa shape index (κ3) is 7.36. The zero-order valence-corrected chi connectivity index (χ0v) is 23.7. The zero-order chi connectivity index (χ0) is 29.0. The molecule has 40 heavy (non-hydrogen) atoms. The average Bonchev–Trinajstić information content (AvgIpc) is 3.40. The minimum Gasteiger partial charge on any atom is -0.368 e. The van der Waals surface area contributed by atoms with Gasteiger partial charge in [0.2, 0.25) is 0 Å². The van der Waals surface area contributed by atoms with Crippen LogP contribution in [0.2, 0.25) is 10.0 Å². The third-order valence-corrected chi connectivity index (χ3v) is 8.11. The molecule has 0 aliphatic carbocycles. The maximum absolute atomic E-state index is 13.1. The molecule has 2 amide bonds. The zero-order valence-electron chi connectivity index (χ0n) is 21.4. The molecule has 0 radical (unpaired) electrons. The van der Waals surface area contributed by atoms with Crippen LogP contribution in [0.5, 0.6) is 0 Å². The van der Waals surface area contributed by atoms with Gasteiger partial charge in [-0.25, -0.2) is 19.9 Å². The first-order valence-electron chi connectivity index (χ1n) is 12.2. The number of halogens is 5. The van der Waals surface area contributed by atoms with Crippen LogP contribution in [0.25, 0.3) is 0 Å². The van der Waals surface area contributed by atoms with E-state index in [4.69, 9.17) is 23.2 Å². The molecule has 1 fully saturated rings. The number of nitrogens with zero attached hydrogens (tertiary/aromatic N) is 5. The lowest BCUT2D eigenvalue weighted by atomic mass is 9.97. The van der Waals surface area contributed by atoms with Crippen LogP contribution in [0, 0.1) is 5.92 Å². The number of hydrogen-bond donors (Lipinski definition) is 3. The second-order valence-electron chi connectivity index (χ2n) is 9.27. The van der Waals surface area contributed by atoms with Gasteiger partial charge in [-0.05, 0) is 51.9 Å². The first kappa shape index (κ1) is 29.9. The van der Waals surface area contributed by atoms with Crippen LogP contribution in [0.15, 0.2) is 24.8 Å². The smallest absolute Gasteiger partial charge is 0.368 e. The number of thiazole rings is 1. The summed E-state index contributed by atoms with van der Waals surface area (Å²) in [5.41, 5.74) is -1.14. The van der Waals surface area contributed by atoms with E-state index in [9.17, 15) is 22.8 Å². The molecule has 10 nitrogen and oxygen atoms in total. The van der Waals surface area contributed by atoms with Crippen LogP contribution in [0.3, 0.4) is 0 Å². The number of nitrogens with one attached hydrogen (secondary N) is 3. The van der Waals surface area contributed by atoms with E-state index in [1.54, 1.807) is 6.92 Å². The van der Waals surface area contributed by atoms with E-state index in [0.717, 1.165) is 43.5 Å². The predicted octanol–water partition coefficient (Wildman–Crippen LogP) is 5.15.